The lowest BCUT2D eigenvalue weighted by atomic mass is 10.2. The van der Waals surface area contributed by atoms with E-state index in [9.17, 15) is 5.11 Å². The van der Waals surface area contributed by atoms with Crippen LogP contribution in [0.1, 0.15) is 5.56 Å². The number of hydrogen-bond donors (Lipinski definition) is 2. The van der Waals surface area contributed by atoms with Crippen LogP contribution in [0.25, 0.3) is 10.8 Å². The van der Waals surface area contributed by atoms with Gasteiger partial charge in [-0.1, -0.05) is 24.3 Å². The summed E-state index contributed by atoms with van der Waals surface area (Å²) in [5.74, 6) is 1.23. The summed E-state index contributed by atoms with van der Waals surface area (Å²) in [6.45, 7) is 0. The van der Waals surface area contributed by atoms with Gasteiger partial charge in [-0.2, -0.15) is 10.2 Å². The molecule has 22 heavy (non-hydrogen) atoms. The van der Waals surface area contributed by atoms with Gasteiger partial charge in [0, 0.05) is 22.4 Å². The van der Waals surface area contributed by atoms with Gasteiger partial charge < -0.3 is 9.84 Å². The molecule has 0 atom stereocenters. The molecule has 0 aliphatic rings. The fourth-order valence-corrected chi connectivity index (χ4v) is 2.03. The summed E-state index contributed by atoms with van der Waals surface area (Å²) in [5.41, 5.74) is 3.42. The third-order valence-corrected chi connectivity index (χ3v) is 3.18. The first-order chi connectivity index (χ1) is 10.8. The predicted molar refractivity (Wildman–Crippen MR) is 85.4 cm³/mol. The molecule has 0 unspecified atom stereocenters. The van der Waals surface area contributed by atoms with Gasteiger partial charge >= 0.3 is 0 Å². The molecule has 0 spiro atoms. The largest absolute Gasteiger partial charge is 0.507 e. The average molecular weight is 294 g/mol. The Hall–Kier alpha value is -3.15. The highest BCUT2D eigenvalue weighted by Gasteiger charge is 2.02. The summed E-state index contributed by atoms with van der Waals surface area (Å²) in [7, 11) is 1.54. The highest BCUT2D eigenvalue weighted by molar-refractivity contribution is 5.91. The number of phenolic OH excluding ortho intramolecular Hbond substituents is 1. The number of fused-ring (bicyclic) bond motifs is 1. The fourth-order valence-electron chi connectivity index (χ4n) is 2.03. The number of nitrogens with zero attached hydrogens (tertiary/aromatic N) is 3. The van der Waals surface area contributed by atoms with Crippen LogP contribution in [0, 0.1) is 0 Å². The van der Waals surface area contributed by atoms with Crippen molar-refractivity contribution >= 4 is 22.8 Å². The Morgan fingerprint density at radius 1 is 1.23 bits per heavy atom. The third-order valence-electron chi connectivity index (χ3n) is 3.18. The summed E-state index contributed by atoms with van der Waals surface area (Å²) >= 11 is 0. The molecule has 1 heterocycles. The van der Waals surface area contributed by atoms with Crippen LogP contribution >= 0.6 is 0 Å². The molecule has 3 aromatic rings. The molecule has 2 N–H and O–H groups in total. The molecule has 2 aromatic carbocycles. The quantitative estimate of drug-likeness (QED) is 0.571. The van der Waals surface area contributed by atoms with E-state index in [2.05, 4.69) is 20.7 Å². The summed E-state index contributed by atoms with van der Waals surface area (Å²) in [5, 5.41) is 23.8. The van der Waals surface area contributed by atoms with E-state index in [1.807, 2.05) is 24.3 Å². The molecule has 3 rings (SSSR count). The standard InChI is InChI=1S/C16H14N4O2/c1-22-13-7-6-12(15(21)8-13)10-18-20-16-14-5-3-2-4-11(14)9-17-19-16/h2-10,21H,1H3,(H,19,20). The number of methoxy groups -OCH3 is 1. The van der Waals surface area contributed by atoms with E-state index in [1.165, 1.54) is 12.3 Å². The molecule has 0 aliphatic carbocycles. The van der Waals surface area contributed by atoms with Crippen molar-refractivity contribution in [3.8, 4) is 11.5 Å². The van der Waals surface area contributed by atoms with Gasteiger partial charge in [-0.15, -0.1) is 5.10 Å². The maximum atomic E-state index is 9.86. The Morgan fingerprint density at radius 3 is 2.91 bits per heavy atom. The van der Waals surface area contributed by atoms with Gasteiger partial charge in [0.05, 0.1) is 19.5 Å². The van der Waals surface area contributed by atoms with Crippen molar-refractivity contribution in [1.29, 1.82) is 0 Å². The number of aromatic hydroxyl groups is 1. The second kappa shape index (κ2) is 6.09. The van der Waals surface area contributed by atoms with Gasteiger partial charge in [0.15, 0.2) is 5.82 Å². The van der Waals surface area contributed by atoms with Crippen molar-refractivity contribution in [1.82, 2.24) is 10.2 Å². The van der Waals surface area contributed by atoms with E-state index in [4.69, 9.17) is 4.74 Å². The van der Waals surface area contributed by atoms with E-state index in [1.54, 1.807) is 25.4 Å². The van der Waals surface area contributed by atoms with Crippen LogP contribution < -0.4 is 10.2 Å². The SMILES string of the molecule is COc1ccc(C=NNc2nncc3ccccc23)c(O)c1. The minimum Gasteiger partial charge on any atom is -0.507 e. The van der Waals surface area contributed by atoms with Gasteiger partial charge in [0.25, 0.3) is 0 Å². The Bertz CT molecular complexity index is 828. The Labute approximate surface area is 127 Å². The smallest absolute Gasteiger partial charge is 0.176 e. The van der Waals surface area contributed by atoms with Crippen molar-refractivity contribution in [2.45, 2.75) is 0 Å². The van der Waals surface area contributed by atoms with Crippen LogP contribution in [0.15, 0.2) is 53.8 Å². The molecule has 0 aliphatic heterocycles. The van der Waals surface area contributed by atoms with Gasteiger partial charge in [-0.25, -0.2) is 0 Å². The number of aromatic nitrogens is 2. The number of hydrogen-bond acceptors (Lipinski definition) is 6. The van der Waals surface area contributed by atoms with Gasteiger partial charge in [-0.05, 0) is 12.1 Å². The minimum atomic E-state index is 0.0916. The van der Waals surface area contributed by atoms with Crippen LogP contribution in [-0.4, -0.2) is 28.6 Å². The minimum absolute atomic E-state index is 0.0916. The third kappa shape index (κ3) is 2.80. The maximum absolute atomic E-state index is 9.86. The van der Waals surface area contributed by atoms with E-state index >= 15 is 0 Å². The Morgan fingerprint density at radius 2 is 2.09 bits per heavy atom. The molecule has 110 valence electrons. The zero-order valence-corrected chi connectivity index (χ0v) is 11.9. The second-order valence-electron chi connectivity index (χ2n) is 4.58. The monoisotopic (exact) mass is 294 g/mol. The molecule has 1 aromatic heterocycles. The first kappa shape index (κ1) is 13.8. The summed E-state index contributed by atoms with van der Waals surface area (Å²) in [6, 6.07) is 12.7. The van der Waals surface area contributed by atoms with E-state index < -0.39 is 0 Å². The van der Waals surface area contributed by atoms with Gasteiger partial charge in [-0.3, -0.25) is 5.43 Å². The summed E-state index contributed by atoms with van der Waals surface area (Å²) < 4.78 is 5.03. The van der Waals surface area contributed by atoms with Gasteiger partial charge in [0.2, 0.25) is 0 Å². The summed E-state index contributed by atoms with van der Waals surface area (Å²) in [6.07, 6.45) is 3.21. The second-order valence-corrected chi connectivity index (χ2v) is 4.58. The maximum Gasteiger partial charge on any atom is 0.176 e. The lowest BCUT2D eigenvalue weighted by molar-refractivity contribution is 0.407. The topological polar surface area (TPSA) is 79.6 Å². The lowest BCUT2D eigenvalue weighted by Gasteiger charge is -2.04. The molecule has 0 saturated heterocycles. The number of phenols is 1. The molecule has 0 radical (unpaired) electrons. The normalized spacial score (nSPS) is 11.0. The molecule has 0 fully saturated rings. The number of ether oxygens (including phenoxy) is 1. The predicted octanol–water partition coefficient (Wildman–Crippen LogP) is 2.79. The molecule has 6 heteroatoms. The zero-order valence-electron chi connectivity index (χ0n) is 11.9. The van der Waals surface area contributed by atoms with Crippen molar-refractivity contribution in [3.05, 3.63) is 54.2 Å². The van der Waals surface area contributed by atoms with Crippen LogP contribution in [0.2, 0.25) is 0 Å². The molecule has 0 saturated carbocycles. The van der Waals surface area contributed by atoms with Crippen molar-refractivity contribution < 1.29 is 9.84 Å². The van der Waals surface area contributed by atoms with Crippen LogP contribution in [0.3, 0.4) is 0 Å². The van der Waals surface area contributed by atoms with Crippen molar-refractivity contribution in [2.75, 3.05) is 12.5 Å². The molecule has 6 nitrogen and oxygen atoms in total. The van der Waals surface area contributed by atoms with E-state index in [0.29, 0.717) is 17.1 Å². The van der Waals surface area contributed by atoms with Crippen LogP contribution in [-0.2, 0) is 0 Å². The van der Waals surface area contributed by atoms with Crippen LogP contribution in [0.4, 0.5) is 5.82 Å². The van der Waals surface area contributed by atoms with E-state index in [-0.39, 0.29) is 5.75 Å². The summed E-state index contributed by atoms with van der Waals surface area (Å²) in [4.78, 5) is 0. The first-order valence-electron chi connectivity index (χ1n) is 6.64. The van der Waals surface area contributed by atoms with Gasteiger partial charge in [0.1, 0.15) is 11.5 Å². The zero-order chi connectivity index (χ0) is 15.4. The molecule has 0 amide bonds. The first-order valence-corrected chi connectivity index (χ1v) is 6.64. The lowest BCUT2D eigenvalue weighted by Crippen LogP contribution is -1.96. The van der Waals surface area contributed by atoms with Crippen molar-refractivity contribution in [3.63, 3.8) is 0 Å². The number of anilines is 1. The molecular weight excluding hydrogens is 280 g/mol. The number of nitrogens with one attached hydrogen (secondary N) is 1. The number of hydrazone groups is 1. The molecular formula is C16H14N4O2. The highest BCUT2D eigenvalue weighted by atomic mass is 16.5. The van der Waals surface area contributed by atoms with E-state index in [0.717, 1.165) is 10.8 Å². The van der Waals surface area contributed by atoms with Crippen molar-refractivity contribution in [2.24, 2.45) is 5.10 Å². The van der Waals surface area contributed by atoms with Crippen LogP contribution in [0.5, 0.6) is 11.5 Å². The molecule has 0 bridgehead atoms. The number of rotatable bonds is 4. The number of benzene rings is 2. The Balaban J connectivity index is 1.82. The Kier molecular flexibility index (Phi) is 3.82. The highest BCUT2D eigenvalue weighted by Crippen LogP contribution is 2.22. The fraction of sp³-hybridized carbons (Fsp3) is 0.0625. The average Bonchev–Trinajstić information content (AvgIpc) is 2.56.